The maximum absolute atomic E-state index is 11.3. The molecule has 1 aromatic rings. The molecule has 0 aromatic carbocycles. The molecule has 0 bridgehead atoms. The number of hydrogen-bond acceptors (Lipinski definition) is 5. The summed E-state index contributed by atoms with van der Waals surface area (Å²) in [7, 11) is -3.29. The maximum atomic E-state index is 11.3. The van der Waals surface area contributed by atoms with E-state index in [0.29, 0.717) is 11.9 Å². The topological polar surface area (TPSA) is 84.0 Å². The summed E-state index contributed by atoms with van der Waals surface area (Å²) in [5, 5.41) is 10.8. The van der Waals surface area contributed by atoms with Gasteiger partial charge in [-0.15, -0.1) is 10.2 Å². The van der Waals surface area contributed by atoms with E-state index in [9.17, 15) is 8.42 Å². The minimum absolute atomic E-state index is 0.0154. The van der Waals surface area contributed by atoms with E-state index >= 15 is 0 Å². The first kappa shape index (κ1) is 13.7. The minimum atomic E-state index is -3.29. The van der Waals surface area contributed by atoms with Gasteiger partial charge in [0.25, 0.3) is 0 Å². The van der Waals surface area contributed by atoms with E-state index < -0.39 is 10.0 Å². The van der Waals surface area contributed by atoms with Gasteiger partial charge in [-0.25, -0.2) is 8.42 Å². The van der Waals surface area contributed by atoms with Crippen molar-refractivity contribution in [3.63, 3.8) is 0 Å². The smallest absolute Gasteiger partial charge is 0.233 e. The summed E-state index contributed by atoms with van der Waals surface area (Å²) in [5.41, 5.74) is 0. The van der Waals surface area contributed by atoms with E-state index in [2.05, 4.69) is 27.2 Å². The SMILES string of the molecule is CCC(C)Nc1ccc(NS(=O)(=O)CC)nn1. The molecule has 0 saturated carbocycles. The molecule has 2 N–H and O–H groups in total. The van der Waals surface area contributed by atoms with Crippen LogP contribution in [0.15, 0.2) is 12.1 Å². The zero-order chi connectivity index (χ0) is 12.9. The van der Waals surface area contributed by atoms with Crippen LogP contribution in [0.2, 0.25) is 0 Å². The van der Waals surface area contributed by atoms with Crippen molar-refractivity contribution in [3.05, 3.63) is 12.1 Å². The minimum Gasteiger partial charge on any atom is -0.366 e. The van der Waals surface area contributed by atoms with Gasteiger partial charge in [-0.1, -0.05) is 6.92 Å². The van der Waals surface area contributed by atoms with Crippen molar-refractivity contribution in [1.29, 1.82) is 0 Å². The molecular weight excluding hydrogens is 240 g/mol. The van der Waals surface area contributed by atoms with Crippen molar-refractivity contribution in [2.75, 3.05) is 15.8 Å². The van der Waals surface area contributed by atoms with E-state index in [1.165, 1.54) is 0 Å². The number of aromatic nitrogens is 2. The molecule has 0 fully saturated rings. The fraction of sp³-hybridized carbons (Fsp3) is 0.600. The summed E-state index contributed by atoms with van der Waals surface area (Å²) in [6.07, 6.45) is 0.978. The van der Waals surface area contributed by atoms with Crippen molar-refractivity contribution in [2.45, 2.75) is 33.2 Å². The van der Waals surface area contributed by atoms with Crippen LogP contribution >= 0.6 is 0 Å². The Morgan fingerprint density at radius 1 is 1.24 bits per heavy atom. The van der Waals surface area contributed by atoms with Crippen LogP contribution in [0, 0.1) is 0 Å². The van der Waals surface area contributed by atoms with Crippen molar-refractivity contribution >= 4 is 21.7 Å². The molecule has 0 aliphatic carbocycles. The molecule has 1 unspecified atom stereocenters. The van der Waals surface area contributed by atoms with Crippen molar-refractivity contribution < 1.29 is 8.42 Å². The van der Waals surface area contributed by atoms with Crippen molar-refractivity contribution in [1.82, 2.24) is 10.2 Å². The largest absolute Gasteiger partial charge is 0.366 e. The third-order valence-corrected chi connectivity index (χ3v) is 3.59. The van der Waals surface area contributed by atoms with Crippen LogP contribution in [-0.4, -0.2) is 30.4 Å². The number of sulfonamides is 1. The van der Waals surface area contributed by atoms with Crippen molar-refractivity contribution in [2.24, 2.45) is 0 Å². The van der Waals surface area contributed by atoms with E-state index in [-0.39, 0.29) is 11.6 Å². The van der Waals surface area contributed by atoms with Gasteiger partial charge in [0, 0.05) is 6.04 Å². The highest BCUT2D eigenvalue weighted by Crippen LogP contribution is 2.09. The second-order valence-corrected chi connectivity index (χ2v) is 5.77. The molecule has 1 aromatic heterocycles. The predicted molar refractivity (Wildman–Crippen MR) is 68.5 cm³/mol. The summed E-state index contributed by atoms with van der Waals surface area (Å²) in [4.78, 5) is 0. The van der Waals surface area contributed by atoms with Crippen LogP contribution in [0.3, 0.4) is 0 Å². The summed E-state index contributed by atoms with van der Waals surface area (Å²) in [6.45, 7) is 5.67. The second-order valence-electron chi connectivity index (χ2n) is 3.76. The quantitative estimate of drug-likeness (QED) is 0.806. The molecule has 1 atom stereocenters. The lowest BCUT2D eigenvalue weighted by Crippen LogP contribution is -2.17. The van der Waals surface area contributed by atoms with Crippen LogP contribution in [0.5, 0.6) is 0 Å². The molecule has 96 valence electrons. The number of nitrogens with zero attached hydrogens (tertiary/aromatic N) is 2. The van der Waals surface area contributed by atoms with Gasteiger partial charge in [0.2, 0.25) is 10.0 Å². The van der Waals surface area contributed by atoms with E-state index in [1.807, 2.05) is 6.92 Å². The van der Waals surface area contributed by atoms with E-state index in [4.69, 9.17) is 0 Å². The lowest BCUT2D eigenvalue weighted by Gasteiger charge is -2.11. The third kappa shape index (κ3) is 4.56. The lowest BCUT2D eigenvalue weighted by atomic mass is 10.2. The first-order valence-corrected chi connectivity index (χ1v) is 7.22. The first-order chi connectivity index (χ1) is 7.96. The summed E-state index contributed by atoms with van der Waals surface area (Å²) >= 11 is 0. The van der Waals surface area contributed by atoms with E-state index in [0.717, 1.165) is 6.42 Å². The molecule has 17 heavy (non-hydrogen) atoms. The zero-order valence-corrected chi connectivity index (χ0v) is 11.1. The molecule has 0 radical (unpaired) electrons. The average Bonchev–Trinajstić information content (AvgIpc) is 2.31. The molecule has 7 heteroatoms. The summed E-state index contributed by atoms with van der Waals surface area (Å²) in [6, 6.07) is 3.60. The molecule has 1 rings (SSSR count). The fourth-order valence-corrected chi connectivity index (χ4v) is 1.62. The monoisotopic (exact) mass is 258 g/mol. The van der Waals surface area contributed by atoms with Gasteiger partial charge >= 0.3 is 0 Å². The Morgan fingerprint density at radius 3 is 2.29 bits per heavy atom. The molecule has 0 spiro atoms. The second kappa shape index (κ2) is 5.81. The Kier molecular flexibility index (Phi) is 4.68. The maximum Gasteiger partial charge on any atom is 0.233 e. The van der Waals surface area contributed by atoms with Gasteiger partial charge < -0.3 is 5.32 Å². The Morgan fingerprint density at radius 2 is 1.82 bits per heavy atom. The Bertz CT molecular complexity index is 444. The Labute approximate surface area is 102 Å². The normalized spacial score (nSPS) is 13.1. The number of rotatable bonds is 6. The van der Waals surface area contributed by atoms with Crippen LogP contribution in [0.25, 0.3) is 0 Å². The molecule has 6 nitrogen and oxygen atoms in total. The summed E-state index contributed by atoms with van der Waals surface area (Å²) < 4.78 is 24.9. The number of hydrogen-bond donors (Lipinski definition) is 2. The van der Waals surface area contributed by atoms with Gasteiger partial charge in [-0.2, -0.15) is 0 Å². The Balaban J connectivity index is 2.68. The highest BCUT2D eigenvalue weighted by Gasteiger charge is 2.08. The van der Waals surface area contributed by atoms with Gasteiger partial charge in [-0.05, 0) is 32.4 Å². The van der Waals surface area contributed by atoms with Crippen LogP contribution in [0.4, 0.5) is 11.6 Å². The molecule has 0 saturated heterocycles. The molecule has 0 amide bonds. The first-order valence-electron chi connectivity index (χ1n) is 5.57. The van der Waals surface area contributed by atoms with Crippen molar-refractivity contribution in [3.8, 4) is 0 Å². The predicted octanol–water partition coefficient (Wildman–Crippen LogP) is 1.45. The fourth-order valence-electron chi connectivity index (χ4n) is 1.05. The van der Waals surface area contributed by atoms with Crippen LogP contribution in [0.1, 0.15) is 27.2 Å². The van der Waals surface area contributed by atoms with Crippen LogP contribution in [-0.2, 0) is 10.0 Å². The highest BCUT2D eigenvalue weighted by molar-refractivity contribution is 7.92. The highest BCUT2D eigenvalue weighted by atomic mass is 32.2. The standard InChI is InChI=1S/C10H18N4O2S/c1-4-8(3)11-9-6-7-10(13-12-9)14-17(15,16)5-2/h6-8H,4-5H2,1-3H3,(H,11,12)(H,13,14). The summed E-state index contributed by atoms with van der Waals surface area (Å²) in [5.74, 6) is 0.891. The molecular formula is C10H18N4O2S. The van der Waals surface area contributed by atoms with Gasteiger partial charge in [0.1, 0.15) is 5.82 Å². The molecule has 1 heterocycles. The van der Waals surface area contributed by atoms with E-state index in [1.54, 1.807) is 19.1 Å². The lowest BCUT2D eigenvalue weighted by molar-refractivity contribution is 0.602. The Hall–Kier alpha value is -1.37. The number of anilines is 2. The third-order valence-electron chi connectivity index (χ3n) is 2.31. The zero-order valence-electron chi connectivity index (χ0n) is 10.3. The van der Waals surface area contributed by atoms with Gasteiger partial charge in [0.15, 0.2) is 5.82 Å². The van der Waals surface area contributed by atoms with Gasteiger partial charge in [0.05, 0.1) is 5.75 Å². The van der Waals surface area contributed by atoms with Crippen LogP contribution < -0.4 is 10.0 Å². The average molecular weight is 258 g/mol. The molecule has 0 aliphatic rings. The van der Waals surface area contributed by atoms with Gasteiger partial charge in [-0.3, -0.25) is 4.72 Å². The molecule has 0 aliphatic heterocycles. The number of nitrogens with one attached hydrogen (secondary N) is 2.